The van der Waals surface area contributed by atoms with Crippen molar-refractivity contribution in [1.29, 1.82) is 0 Å². The first-order chi connectivity index (χ1) is 9.15. The van der Waals surface area contributed by atoms with E-state index in [1.165, 1.54) is 0 Å². The Bertz CT molecular complexity index is 806. The van der Waals surface area contributed by atoms with Gasteiger partial charge in [-0.3, -0.25) is 4.79 Å². The van der Waals surface area contributed by atoms with E-state index in [-0.39, 0.29) is 5.56 Å². The summed E-state index contributed by atoms with van der Waals surface area (Å²) in [6.07, 6.45) is 5.02. The van der Waals surface area contributed by atoms with E-state index < -0.39 is 0 Å². The van der Waals surface area contributed by atoms with Gasteiger partial charge in [-0.2, -0.15) is 5.10 Å². The van der Waals surface area contributed by atoms with E-state index in [4.69, 9.17) is 17.3 Å². The predicted octanol–water partition coefficient (Wildman–Crippen LogP) is 1.78. The lowest BCUT2D eigenvalue weighted by Gasteiger charge is -2.09. The molecular formula is C13H11ClN4O. The van der Waals surface area contributed by atoms with Crippen LogP contribution in [0.2, 0.25) is 5.02 Å². The third-order valence-corrected chi connectivity index (χ3v) is 3.22. The van der Waals surface area contributed by atoms with Gasteiger partial charge in [-0.25, -0.2) is 4.52 Å². The molecule has 3 rings (SSSR count). The first-order valence-electron chi connectivity index (χ1n) is 5.72. The first-order valence-corrected chi connectivity index (χ1v) is 6.09. The lowest BCUT2D eigenvalue weighted by Crippen LogP contribution is -2.22. The second-order valence-corrected chi connectivity index (χ2v) is 4.67. The summed E-state index contributed by atoms with van der Waals surface area (Å²) in [5.74, 6) is 0. The van der Waals surface area contributed by atoms with Gasteiger partial charge in [0.2, 0.25) is 0 Å². The monoisotopic (exact) mass is 274 g/mol. The molecular weight excluding hydrogens is 264 g/mol. The molecule has 2 N–H and O–H groups in total. The van der Waals surface area contributed by atoms with Gasteiger partial charge in [-0.1, -0.05) is 17.7 Å². The number of benzene rings is 1. The smallest absolute Gasteiger partial charge is 0.276 e. The Balaban J connectivity index is 2.05. The van der Waals surface area contributed by atoms with Crippen molar-refractivity contribution in [2.75, 3.05) is 5.73 Å². The number of halogens is 1. The quantitative estimate of drug-likeness (QED) is 0.725. The Morgan fingerprint density at radius 1 is 1.26 bits per heavy atom. The summed E-state index contributed by atoms with van der Waals surface area (Å²) in [5, 5.41) is 4.60. The third kappa shape index (κ3) is 2.08. The zero-order valence-corrected chi connectivity index (χ0v) is 10.7. The van der Waals surface area contributed by atoms with E-state index in [9.17, 15) is 4.79 Å². The fourth-order valence-electron chi connectivity index (χ4n) is 1.98. The minimum Gasteiger partial charge on any atom is -0.398 e. The average Bonchev–Trinajstić information content (AvgIpc) is 2.85. The van der Waals surface area contributed by atoms with Gasteiger partial charge in [0, 0.05) is 23.1 Å². The molecule has 3 aromatic rings. The maximum atomic E-state index is 12.2. The van der Waals surface area contributed by atoms with E-state index in [2.05, 4.69) is 5.10 Å². The minimum atomic E-state index is -0.102. The Morgan fingerprint density at radius 2 is 2.11 bits per heavy atom. The highest BCUT2D eigenvalue weighted by molar-refractivity contribution is 6.30. The fourth-order valence-corrected chi connectivity index (χ4v) is 2.16. The highest BCUT2D eigenvalue weighted by Gasteiger charge is 2.06. The summed E-state index contributed by atoms with van der Waals surface area (Å²) >= 11 is 5.85. The predicted molar refractivity (Wildman–Crippen MR) is 74.4 cm³/mol. The normalized spacial score (nSPS) is 11.0. The molecule has 0 saturated heterocycles. The number of hydrogen-bond donors (Lipinski definition) is 1. The Morgan fingerprint density at radius 3 is 2.89 bits per heavy atom. The van der Waals surface area contributed by atoms with Crippen LogP contribution in [0.5, 0.6) is 0 Å². The molecule has 0 spiro atoms. The van der Waals surface area contributed by atoms with Gasteiger partial charge in [0.1, 0.15) is 5.52 Å². The Labute approximate surface area is 113 Å². The number of nitrogens with zero attached hydrogens (tertiary/aromatic N) is 3. The van der Waals surface area contributed by atoms with Crippen molar-refractivity contribution >= 4 is 22.8 Å². The van der Waals surface area contributed by atoms with Crippen LogP contribution in [0.4, 0.5) is 5.69 Å². The maximum Gasteiger partial charge on any atom is 0.276 e. The number of nitrogens with two attached hydrogens (primary N) is 1. The van der Waals surface area contributed by atoms with E-state index >= 15 is 0 Å². The zero-order valence-electron chi connectivity index (χ0n) is 9.95. The third-order valence-electron chi connectivity index (χ3n) is 2.99. The molecule has 0 aliphatic heterocycles. The molecule has 0 aliphatic rings. The molecule has 19 heavy (non-hydrogen) atoms. The highest BCUT2D eigenvalue weighted by atomic mass is 35.5. The van der Waals surface area contributed by atoms with E-state index in [1.54, 1.807) is 45.9 Å². The van der Waals surface area contributed by atoms with Crippen molar-refractivity contribution in [1.82, 2.24) is 14.2 Å². The van der Waals surface area contributed by atoms with Crippen molar-refractivity contribution in [2.24, 2.45) is 0 Å². The molecule has 5 nitrogen and oxygen atoms in total. The number of nitrogen functional groups attached to an aromatic ring is 1. The van der Waals surface area contributed by atoms with Crippen LogP contribution in [-0.4, -0.2) is 14.2 Å². The Kier molecular flexibility index (Phi) is 2.76. The molecule has 6 heteroatoms. The number of anilines is 1. The highest BCUT2D eigenvalue weighted by Crippen LogP contribution is 2.18. The van der Waals surface area contributed by atoms with Crippen molar-refractivity contribution < 1.29 is 0 Å². The number of hydrogen-bond acceptors (Lipinski definition) is 3. The lowest BCUT2D eigenvalue weighted by atomic mass is 10.2. The van der Waals surface area contributed by atoms with Crippen LogP contribution in [-0.2, 0) is 6.54 Å². The fraction of sp³-hybridized carbons (Fsp3) is 0.0769. The average molecular weight is 275 g/mol. The van der Waals surface area contributed by atoms with Crippen LogP contribution in [0, 0.1) is 0 Å². The first kappa shape index (κ1) is 11.8. The SMILES string of the molecule is Nc1cc(Cl)ccc1Cn1ccn2nccc2c1=O. The largest absolute Gasteiger partial charge is 0.398 e. The molecule has 2 aromatic heterocycles. The Hall–Kier alpha value is -2.27. The molecule has 0 amide bonds. The summed E-state index contributed by atoms with van der Waals surface area (Å²) in [7, 11) is 0. The zero-order chi connectivity index (χ0) is 13.4. The van der Waals surface area contributed by atoms with Gasteiger partial charge in [0.15, 0.2) is 0 Å². The number of rotatable bonds is 2. The van der Waals surface area contributed by atoms with Gasteiger partial charge in [-0.05, 0) is 23.8 Å². The lowest BCUT2D eigenvalue weighted by molar-refractivity contribution is 0.744. The summed E-state index contributed by atoms with van der Waals surface area (Å²) in [4.78, 5) is 12.2. The van der Waals surface area contributed by atoms with E-state index in [0.29, 0.717) is 22.8 Å². The summed E-state index contributed by atoms with van der Waals surface area (Å²) in [5.41, 5.74) is 7.76. The number of aromatic nitrogens is 3. The van der Waals surface area contributed by atoms with Crippen LogP contribution < -0.4 is 11.3 Å². The standard InChI is InChI=1S/C13H11ClN4O/c14-10-2-1-9(11(15)7-10)8-17-5-6-18-12(13(17)19)3-4-16-18/h1-7H,8,15H2. The van der Waals surface area contributed by atoms with Gasteiger partial charge in [0.05, 0.1) is 12.7 Å². The topological polar surface area (TPSA) is 65.3 Å². The molecule has 0 atom stereocenters. The van der Waals surface area contributed by atoms with Crippen molar-refractivity contribution in [3.63, 3.8) is 0 Å². The molecule has 0 aliphatic carbocycles. The summed E-state index contributed by atoms with van der Waals surface area (Å²) in [6, 6.07) is 6.95. The van der Waals surface area contributed by atoms with Crippen LogP contribution >= 0.6 is 11.6 Å². The van der Waals surface area contributed by atoms with Gasteiger partial charge in [-0.15, -0.1) is 0 Å². The molecule has 0 saturated carbocycles. The van der Waals surface area contributed by atoms with Crippen LogP contribution in [0.3, 0.4) is 0 Å². The van der Waals surface area contributed by atoms with E-state index in [0.717, 1.165) is 5.56 Å². The number of fused-ring (bicyclic) bond motifs is 1. The molecule has 2 heterocycles. The second kappa shape index (κ2) is 4.44. The minimum absolute atomic E-state index is 0.102. The van der Waals surface area contributed by atoms with Gasteiger partial charge in [0.25, 0.3) is 5.56 Å². The molecule has 1 aromatic carbocycles. The molecule has 0 bridgehead atoms. The van der Waals surface area contributed by atoms with Crippen LogP contribution in [0.15, 0.2) is 47.7 Å². The van der Waals surface area contributed by atoms with Gasteiger partial charge >= 0.3 is 0 Å². The summed E-state index contributed by atoms with van der Waals surface area (Å²) in [6.45, 7) is 0.406. The van der Waals surface area contributed by atoms with E-state index in [1.807, 2.05) is 6.07 Å². The summed E-state index contributed by atoms with van der Waals surface area (Å²) < 4.78 is 3.14. The van der Waals surface area contributed by atoms with Crippen molar-refractivity contribution in [3.05, 3.63) is 63.8 Å². The van der Waals surface area contributed by atoms with Crippen LogP contribution in [0.1, 0.15) is 5.56 Å². The maximum absolute atomic E-state index is 12.2. The molecule has 0 unspecified atom stereocenters. The van der Waals surface area contributed by atoms with Crippen molar-refractivity contribution in [2.45, 2.75) is 6.54 Å². The van der Waals surface area contributed by atoms with Crippen molar-refractivity contribution in [3.8, 4) is 0 Å². The molecule has 0 fully saturated rings. The molecule has 96 valence electrons. The van der Waals surface area contributed by atoms with Gasteiger partial charge < -0.3 is 10.3 Å². The second-order valence-electron chi connectivity index (χ2n) is 4.24. The van der Waals surface area contributed by atoms with Crippen LogP contribution in [0.25, 0.3) is 5.52 Å². The molecule has 0 radical (unpaired) electrons.